The van der Waals surface area contributed by atoms with Gasteiger partial charge in [-0.15, -0.1) is 0 Å². The molecule has 0 fully saturated rings. The highest BCUT2D eigenvalue weighted by molar-refractivity contribution is 7.89. The first kappa shape index (κ1) is 15.8. The number of para-hydroxylation sites is 1. The Labute approximate surface area is 128 Å². The molecule has 0 spiro atoms. The largest absolute Gasteiger partial charge is 0.490 e. The summed E-state index contributed by atoms with van der Waals surface area (Å²) < 4.78 is 33.1. The predicted molar refractivity (Wildman–Crippen MR) is 80.0 cm³/mol. The predicted octanol–water partition coefficient (Wildman–Crippen LogP) is 1.66. The average Bonchev–Trinajstić information content (AvgIpc) is 2.51. The average molecular weight is 318 g/mol. The molecular weight excluding hydrogens is 304 g/mol. The van der Waals surface area contributed by atoms with Crippen LogP contribution in [0.2, 0.25) is 0 Å². The number of nitrogens with zero attached hydrogens (tertiary/aromatic N) is 1. The van der Waals surface area contributed by atoms with E-state index in [-0.39, 0.29) is 18.1 Å². The number of nitrogens with two attached hydrogens (primary N) is 1. The molecule has 0 bridgehead atoms. The van der Waals surface area contributed by atoms with Crippen LogP contribution in [0.4, 0.5) is 0 Å². The molecule has 0 heterocycles. The van der Waals surface area contributed by atoms with E-state index in [1.54, 1.807) is 24.3 Å². The van der Waals surface area contributed by atoms with Gasteiger partial charge in [-0.05, 0) is 36.4 Å². The molecular formula is C15H14N2O4S. The van der Waals surface area contributed by atoms with Crippen LogP contribution in [0, 0.1) is 11.3 Å². The van der Waals surface area contributed by atoms with Gasteiger partial charge in [0.05, 0.1) is 10.5 Å². The molecule has 0 atom stereocenters. The van der Waals surface area contributed by atoms with Crippen molar-refractivity contribution in [3.05, 3.63) is 54.1 Å². The molecule has 0 saturated heterocycles. The molecule has 0 amide bonds. The minimum absolute atomic E-state index is 0.0269. The maximum Gasteiger partial charge on any atom is 0.238 e. The van der Waals surface area contributed by atoms with Crippen LogP contribution in [0.5, 0.6) is 11.5 Å². The first-order valence-electron chi connectivity index (χ1n) is 6.38. The van der Waals surface area contributed by atoms with E-state index in [1.165, 1.54) is 24.3 Å². The van der Waals surface area contributed by atoms with Crippen LogP contribution in [0.3, 0.4) is 0 Å². The Kier molecular flexibility index (Phi) is 4.99. The molecule has 2 aromatic rings. The lowest BCUT2D eigenvalue weighted by molar-refractivity contribution is 0.216. The van der Waals surface area contributed by atoms with Gasteiger partial charge in [0, 0.05) is 0 Å². The monoisotopic (exact) mass is 318 g/mol. The van der Waals surface area contributed by atoms with Crippen molar-refractivity contribution in [2.45, 2.75) is 4.90 Å². The fourth-order valence-corrected chi connectivity index (χ4v) is 2.24. The number of hydrogen-bond donors (Lipinski definition) is 1. The minimum Gasteiger partial charge on any atom is -0.490 e. The summed E-state index contributed by atoms with van der Waals surface area (Å²) in [6.45, 7) is 0.518. The summed E-state index contributed by atoms with van der Waals surface area (Å²) in [5, 5.41) is 13.9. The summed E-state index contributed by atoms with van der Waals surface area (Å²) in [5.74, 6) is 1.00. The summed E-state index contributed by atoms with van der Waals surface area (Å²) in [6.07, 6.45) is 0. The van der Waals surface area contributed by atoms with Crippen LogP contribution < -0.4 is 14.6 Å². The van der Waals surface area contributed by atoms with Crippen molar-refractivity contribution in [1.82, 2.24) is 0 Å². The molecule has 0 radical (unpaired) electrons. The molecule has 2 rings (SSSR count). The third-order valence-electron chi connectivity index (χ3n) is 2.77. The van der Waals surface area contributed by atoms with Gasteiger partial charge in [0.25, 0.3) is 0 Å². The summed E-state index contributed by atoms with van der Waals surface area (Å²) >= 11 is 0. The van der Waals surface area contributed by atoms with Crippen LogP contribution in [0.15, 0.2) is 53.4 Å². The zero-order chi connectivity index (χ0) is 16.0. The highest BCUT2D eigenvalue weighted by atomic mass is 32.2. The highest BCUT2D eigenvalue weighted by Crippen LogP contribution is 2.17. The van der Waals surface area contributed by atoms with Gasteiger partial charge in [-0.25, -0.2) is 13.6 Å². The molecule has 0 aliphatic rings. The molecule has 6 nitrogen and oxygen atoms in total. The summed E-state index contributed by atoms with van der Waals surface area (Å²) in [5.41, 5.74) is 0.458. The standard InChI is InChI=1S/C15H14N2O4S/c16-11-12-3-1-2-4-15(12)21-10-9-20-13-5-7-14(8-6-13)22(17,18)19/h1-8H,9-10H2,(H2,17,18,19). The van der Waals surface area contributed by atoms with Crippen molar-refractivity contribution in [3.63, 3.8) is 0 Å². The topological polar surface area (TPSA) is 102 Å². The van der Waals surface area contributed by atoms with Gasteiger partial charge in [-0.2, -0.15) is 5.26 Å². The number of hydrogen-bond acceptors (Lipinski definition) is 5. The molecule has 0 saturated carbocycles. The number of benzene rings is 2. The van der Waals surface area contributed by atoms with E-state index in [2.05, 4.69) is 0 Å². The van der Waals surface area contributed by atoms with E-state index in [4.69, 9.17) is 19.9 Å². The second-order valence-electron chi connectivity index (χ2n) is 4.32. The van der Waals surface area contributed by atoms with Crippen LogP contribution >= 0.6 is 0 Å². The quantitative estimate of drug-likeness (QED) is 0.816. The Morgan fingerprint density at radius 2 is 1.64 bits per heavy atom. The third-order valence-corrected chi connectivity index (χ3v) is 3.70. The number of nitriles is 1. The van der Waals surface area contributed by atoms with Crippen LogP contribution in [0.1, 0.15) is 5.56 Å². The van der Waals surface area contributed by atoms with E-state index in [1.807, 2.05) is 6.07 Å². The molecule has 114 valence electrons. The Hall–Kier alpha value is -2.56. The van der Waals surface area contributed by atoms with E-state index in [0.717, 1.165) is 0 Å². The smallest absolute Gasteiger partial charge is 0.238 e. The van der Waals surface area contributed by atoms with Crippen molar-refractivity contribution in [3.8, 4) is 17.6 Å². The van der Waals surface area contributed by atoms with Gasteiger partial charge in [0.15, 0.2) is 0 Å². The number of sulfonamides is 1. The Bertz CT molecular complexity index is 780. The van der Waals surface area contributed by atoms with Crippen molar-refractivity contribution < 1.29 is 17.9 Å². The minimum atomic E-state index is -3.70. The van der Waals surface area contributed by atoms with Crippen molar-refractivity contribution in [2.24, 2.45) is 5.14 Å². The van der Waals surface area contributed by atoms with E-state index < -0.39 is 10.0 Å². The van der Waals surface area contributed by atoms with Crippen LogP contribution in [0.25, 0.3) is 0 Å². The van der Waals surface area contributed by atoms with Gasteiger partial charge in [-0.1, -0.05) is 12.1 Å². The molecule has 0 unspecified atom stereocenters. The molecule has 0 aliphatic carbocycles. The van der Waals surface area contributed by atoms with Gasteiger partial charge >= 0.3 is 0 Å². The lowest BCUT2D eigenvalue weighted by Gasteiger charge is -2.09. The van der Waals surface area contributed by atoms with E-state index in [9.17, 15) is 8.42 Å². The summed E-state index contributed by atoms with van der Waals surface area (Å²) in [6, 6.07) is 14.7. The van der Waals surface area contributed by atoms with Crippen molar-refractivity contribution in [2.75, 3.05) is 13.2 Å². The van der Waals surface area contributed by atoms with E-state index >= 15 is 0 Å². The normalized spacial score (nSPS) is 10.7. The van der Waals surface area contributed by atoms with Crippen LogP contribution in [-0.2, 0) is 10.0 Å². The SMILES string of the molecule is N#Cc1ccccc1OCCOc1ccc(S(N)(=O)=O)cc1. The molecule has 2 N–H and O–H groups in total. The number of ether oxygens (including phenoxy) is 2. The lowest BCUT2D eigenvalue weighted by Crippen LogP contribution is -2.12. The van der Waals surface area contributed by atoms with Gasteiger partial charge in [0.2, 0.25) is 10.0 Å². The Balaban J connectivity index is 1.86. The number of primary sulfonamides is 1. The molecule has 0 aromatic heterocycles. The fourth-order valence-electron chi connectivity index (χ4n) is 1.72. The second kappa shape index (κ2) is 6.93. The first-order valence-corrected chi connectivity index (χ1v) is 7.93. The summed E-state index contributed by atoms with van der Waals surface area (Å²) in [4.78, 5) is 0.0269. The summed E-state index contributed by atoms with van der Waals surface area (Å²) in [7, 11) is -3.70. The first-order chi connectivity index (χ1) is 10.5. The second-order valence-corrected chi connectivity index (χ2v) is 5.88. The number of rotatable bonds is 6. The molecule has 0 aliphatic heterocycles. The Morgan fingerprint density at radius 3 is 2.27 bits per heavy atom. The molecule has 22 heavy (non-hydrogen) atoms. The highest BCUT2D eigenvalue weighted by Gasteiger charge is 2.07. The van der Waals surface area contributed by atoms with Gasteiger partial charge in [-0.3, -0.25) is 0 Å². The van der Waals surface area contributed by atoms with E-state index in [0.29, 0.717) is 17.1 Å². The lowest BCUT2D eigenvalue weighted by atomic mass is 10.2. The van der Waals surface area contributed by atoms with Gasteiger partial charge < -0.3 is 9.47 Å². The van der Waals surface area contributed by atoms with Crippen molar-refractivity contribution in [1.29, 1.82) is 5.26 Å². The molecule has 2 aromatic carbocycles. The fraction of sp³-hybridized carbons (Fsp3) is 0.133. The molecule has 7 heteroatoms. The third kappa shape index (κ3) is 4.22. The maximum atomic E-state index is 11.1. The van der Waals surface area contributed by atoms with Gasteiger partial charge in [0.1, 0.15) is 30.8 Å². The van der Waals surface area contributed by atoms with Crippen LogP contribution in [-0.4, -0.2) is 21.6 Å². The van der Waals surface area contributed by atoms with Crippen molar-refractivity contribution >= 4 is 10.0 Å². The zero-order valence-corrected chi connectivity index (χ0v) is 12.4. The maximum absolute atomic E-state index is 11.1. The Morgan fingerprint density at radius 1 is 1.00 bits per heavy atom. The zero-order valence-electron chi connectivity index (χ0n) is 11.6.